The van der Waals surface area contributed by atoms with Gasteiger partial charge in [-0.1, -0.05) is 37.3 Å². The van der Waals surface area contributed by atoms with E-state index in [-0.39, 0.29) is 5.69 Å². The van der Waals surface area contributed by atoms with E-state index in [4.69, 9.17) is 0 Å². The Morgan fingerprint density at radius 3 is 2.38 bits per heavy atom. The molecule has 0 aliphatic heterocycles. The van der Waals surface area contributed by atoms with Crippen LogP contribution in [0.4, 0.5) is 11.4 Å². The molecule has 0 saturated heterocycles. The van der Waals surface area contributed by atoms with Gasteiger partial charge in [0.05, 0.1) is 10.6 Å². The standard InChI is InChI=1S/C16H17N3O2/c1-2-14(12-13-6-4-3-5-7-13)17-18-15-8-10-16(11-9-15)19(20)21/h3-11,18H,2,12H2,1H3. The van der Waals surface area contributed by atoms with E-state index in [2.05, 4.69) is 29.6 Å². The van der Waals surface area contributed by atoms with Crippen LogP contribution in [0, 0.1) is 10.1 Å². The van der Waals surface area contributed by atoms with Crippen molar-refractivity contribution in [3.63, 3.8) is 0 Å². The van der Waals surface area contributed by atoms with Crippen molar-refractivity contribution >= 4 is 17.1 Å². The number of hydrogen-bond acceptors (Lipinski definition) is 4. The van der Waals surface area contributed by atoms with Crippen molar-refractivity contribution in [2.45, 2.75) is 19.8 Å². The summed E-state index contributed by atoms with van der Waals surface area (Å²) in [6.07, 6.45) is 1.63. The monoisotopic (exact) mass is 283 g/mol. The minimum Gasteiger partial charge on any atom is -0.279 e. The van der Waals surface area contributed by atoms with E-state index >= 15 is 0 Å². The molecule has 108 valence electrons. The average molecular weight is 283 g/mol. The second-order valence-corrected chi connectivity index (χ2v) is 4.61. The summed E-state index contributed by atoms with van der Waals surface area (Å²) in [4.78, 5) is 10.2. The number of hydrazone groups is 1. The Morgan fingerprint density at radius 2 is 1.81 bits per heavy atom. The number of nitro benzene ring substituents is 1. The molecule has 0 spiro atoms. The number of anilines is 1. The van der Waals surface area contributed by atoms with Crippen LogP contribution in [0.25, 0.3) is 0 Å². The first kappa shape index (κ1) is 14.7. The van der Waals surface area contributed by atoms with E-state index in [0.717, 1.165) is 24.2 Å². The van der Waals surface area contributed by atoms with Gasteiger partial charge in [0.15, 0.2) is 0 Å². The molecule has 0 heterocycles. The highest BCUT2D eigenvalue weighted by Gasteiger charge is 2.04. The molecule has 0 unspecified atom stereocenters. The highest BCUT2D eigenvalue weighted by Crippen LogP contribution is 2.15. The predicted octanol–water partition coefficient (Wildman–Crippen LogP) is 4.02. The normalized spacial score (nSPS) is 11.2. The lowest BCUT2D eigenvalue weighted by Crippen LogP contribution is -2.05. The summed E-state index contributed by atoms with van der Waals surface area (Å²) in [6.45, 7) is 2.05. The van der Waals surface area contributed by atoms with Crippen molar-refractivity contribution < 1.29 is 4.92 Å². The molecule has 0 atom stereocenters. The average Bonchev–Trinajstić information content (AvgIpc) is 2.52. The molecule has 0 aromatic heterocycles. The van der Waals surface area contributed by atoms with E-state index in [9.17, 15) is 10.1 Å². The molecule has 0 saturated carbocycles. The lowest BCUT2D eigenvalue weighted by molar-refractivity contribution is -0.384. The fourth-order valence-corrected chi connectivity index (χ4v) is 1.88. The van der Waals surface area contributed by atoms with E-state index in [1.807, 2.05) is 18.2 Å². The van der Waals surface area contributed by atoms with Crippen LogP contribution in [-0.2, 0) is 6.42 Å². The lowest BCUT2D eigenvalue weighted by Gasteiger charge is -2.06. The number of hydrogen-bond donors (Lipinski definition) is 1. The molecule has 0 fully saturated rings. The Hall–Kier alpha value is -2.69. The third-order valence-electron chi connectivity index (χ3n) is 3.08. The van der Waals surface area contributed by atoms with Crippen molar-refractivity contribution in [3.05, 3.63) is 70.3 Å². The molecule has 2 aromatic carbocycles. The van der Waals surface area contributed by atoms with Crippen LogP contribution in [0.3, 0.4) is 0 Å². The van der Waals surface area contributed by atoms with Crippen LogP contribution in [-0.4, -0.2) is 10.6 Å². The molecule has 0 radical (unpaired) electrons. The minimum absolute atomic E-state index is 0.0736. The molecular formula is C16H17N3O2. The third kappa shape index (κ3) is 4.42. The first-order chi connectivity index (χ1) is 10.2. The highest BCUT2D eigenvalue weighted by molar-refractivity contribution is 5.86. The number of nitrogens with one attached hydrogen (secondary N) is 1. The largest absolute Gasteiger partial charge is 0.279 e. The van der Waals surface area contributed by atoms with Crippen LogP contribution >= 0.6 is 0 Å². The molecule has 1 N–H and O–H groups in total. The molecule has 0 aliphatic carbocycles. The number of nitrogens with zero attached hydrogens (tertiary/aromatic N) is 2. The van der Waals surface area contributed by atoms with Gasteiger partial charge in [0, 0.05) is 24.3 Å². The summed E-state index contributed by atoms with van der Waals surface area (Å²) in [6, 6.07) is 16.4. The van der Waals surface area contributed by atoms with Crippen LogP contribution < -0.4 is 5.43 Å². The topological polar surface area (TPSA) is 67.5 Å². The number of non-ortho nitro benzene ring substituents is 1. The predicted molar refractivity (Wildman–Crippen MR) is 84.6 cm³/mol. The zero-order chi connectivity index (χ0) is 15.1. The number of nitro groups is 1. The summed E-state index contributed by atoms with van der Waals surface area (Å²) in [5.74, 6) is 0. The maximum Gasteiger partial charge on any atom is 0.269 e. The van der Waals surface area contributed by atoms with E-state index in [1.54, 1.807) is 12.1 Å². The van der Waals surface area contributed by atoms with Gasteiger partial charge >= 0.3 is 0 Å². The molecule has 0 aliphatic rings. The molecule has 21 heavy (non-hydrogen) atoms. The van der Waals surface area contributed by atoms with Gasteiger partial charge in [0.2, 0.25) is 0 Å². The summed E-state index contributed by atoms with van der Waals surface area (Å²) < 4.78 is 0. The summed E-state index contributed by atoms with van der Waals surface area (Å²) in [5.41, 5.74) is 6.00. The van der Waals surface area contributed by atoms with Gasteiger partial charge in [-0.25, -0.2) is 0 Å². The van der Waals surface area contributed by atoms with Crippen molar-refractivity contribution in [1.82, 2.24) is 0 Å². The van der Waals surface area contributed by atoms with Crippen LogP contribution in [0.15, 0.2) is 59.7 Å². The molecular weight excluding hydrogens is 266 g/mol. The van der Waals surface area contributed by atoms with Crippen molar-refractivity contribution in [2.24, 2.45) is 5.10 Å². The van der Waals surface area contributed by atoms with Crippen LogP contribution in [0.5, 0.6) is 0 Å². The Labute approximate surface area is 123 Å². The third-order valence-corrected chi connectivity index (χ3v) is 3.08. The second kappa shape index (κ2) is 7.19. The minimum atomic E-state index is -0.417. The summed E-state index contributed by atoms with van der Waals surface area (Å²) >= 11 is 0. The fourth-order valence-electron chi connectivity index (χ4n) is 1.88. The molecule has 2 aromatic rings. The van der Waals surface area contributed by atoms with Crippen molar-refractivity contribution in [2.75, 3.05) is 5.43 Å². The SMILES string of the molecule is CCC(Cc1ccccc1)=NNc1ccc([N+](=O)[O-])cc1. The van der Waals surface area contributed by atoms with Gasteiger partial charge < -0.3 is 0 Å². The molecule has 5 heteroatoms. The van der Waals surface area contributed by atoms with E-state index in [1.165, 1.54) is 17.7 Å². The lowest BCUT2D eigenvalue weighted by atomic mass is 10.1. The van der Waals surface area contributed by atoms with Gasteiger partial charge in [-0.2, -0.15) is 5.10 Å². The highest BCUT2D eigenvalue weighted by atomic mass is 16.6. The molecule has 0 bridgehead atoms. The van der Waals surface area contributed by atoms with Crippen LogP contribution in [0.2, 0.25) is 0 Å². The van der Waals surface area contributed by atoms with Gasteiger partial charge in [-0.15, -0.1) is 0 Å². The zero-order valence-corrected chi connectivity index (χ0v) is 11.8. The molecule has 0 amide bonds. The first-order valence-electron chi connectivity index (χ1n) is 6.79. The quantitative estimate of drug-likeness (QED) is 0.494. The first-order valence-corrected chi connectivity index (χ1v) is 6.79. The second-order valence-electron chi connectivity index (χ2n) is 4.61. The summed E-state index contributed by atoms with van der Waals surface area (Å²) in [7, 11) is 0. The maximum atomic E-state index is 10.6. The Kier molecular flexibility index (Phi) is 5.04. The Morgan fingerprint density at radius 1 is 1.14 bits per heavy atom. The van der Waals surface area contributed by atoms with E-state index < -0.39 is 4.92 Å². The number of benzene rings is 2. The van der Waals surface area contributed by atoms with Crippen molar-refractivity contribution in [3.8, 4) is 0 Å². The smallest absolute Gasteiger partial charge is 0.269 e. The molecule has 2 rings (SSSR count). The van der Waals surface area contributed by atoms with Crippen molar-refractivity contribution in [1.29, 1.82) is 0 Å². The van der Waals surface area contributed by atoms with E-state index in [0.29, 0.717) is 0 Å². The van der Waals surface area contributed by atoms with Gasteiger partial charge in [-0.3, -0.25) is 15.5 Å². The Balaban J connectivity index is 2.02. The van der Waals surface area contributed by atoms with Crippen LogP contribution in [0.1, 0.15) is 18.9 Å². The Bertz CT molecular complexity index is 622. The fraction of sp³-hybridized carbons (Fsp3) is 0.188. The molecule has 5 nitrogen and oxygen atoms in total. The van der Waals surface area contributed by atoms with Gasteiger partial charge in [0.1, 0.15) is 0 Å². The summed E-state index contributed by atoms with van der Waals surface area (Å²) in [5, 5.41) is 15.0. The number of rotatable bonds is 6. The van der Waals surface area contributed by atoms with Gasteiger partial charge in [0.25, 0.3) is 5.69 Å². The zero-order valence-electron chi connectivity index (χ0n) is 11.8. The van der Waals surface area contributed by atoms with Gasteiger partial charge in [-0.05, 0) is 24.1 Å². The maximum absolute atomic E-state index is 10.6.